The third-order valence-corrected chi connectivity index (χ3v) is 3.94. The molecule has 1 rings (SSSR count). The van der Waals surface area contributed by atoms with Crippen LogP contribution in [0, 0.1) is 5.92 Å². The number of carboxylic acids is 1. The average Bonchev–Trinajstić information content (AvgIpc) is 2.36. The minimum absolute atomic E-state index is 0.0334. The number of aliphatic carboxylic acids is 1. The molecule has 1 aromatic carbocycles. The van der Waals surface area contributed by atoms with Crippen LogP contribution in [0.4, 0.5) is 0 Å². The number of benzene rings is 1. The van der Waals surface area contributed by atoms with Gasteiger partial charge in [0, 0.05) is 29.1 Å². The quantitative estimate of drug-likeness (QED) is 0.702. The summed E-state index contributed by atoms with van der Waals surface area (Å²) in [6.45, 7) is 5.17. The number of carbonyl (C=O) groups is 1. The van der Waals surface area contributed by atoms with Gasteiger partial charge in [0.25, 0.3) is 0 Å². The molecule has 3 nitrogen and oxygen atoms in total. The molecule has 0 aliphatic rings. The Balaban J connectivity index is 2.38. The van der Waals surface area contributed by atoms with Crippen LogP contribution in [0.25, 0.3) is 0 Å². The van der Waals surface area contributed by atoms with Crippen LogP contribution in [0.5, 0.6) is 0 Å². The Bertz CT molecular complexity index is 368. The summed E-state index contributed by atoms with van der Waals surface area (Å²) in [5.41, 5.74) is 0. The molecule has 0 amide bonds. The summed E-state index contributed by atoms with van der Waals surface area (Å²) in [5, 5.41) is 14.1. The molecule has 1 unspecified atom stereocenters. The lowest BCUT2D eigenvalue weighted by atomic mass is 10.1. The van der Waals surface area contributed by atoms with Crippen LogP contribution in [0.1, 0.15) is 26.7 Å². The second-order valence-electron chi connectivity index (χ2n) is 5.03. The zero-order chi connectivity index (χ0) is 14.1. The van der Waals surface area contributed by atoms with E-state index >= 15 is 0 Å². The number of hydrogen-bond acceptors (Lipinski definition) is 4. The summed E-state index contributed by atoms with van der Waals surface area (Å²) in [5.74, 6) is 0.379. The van der Waals surface area contributed by atoms with E-state index in [-0.39, 0.29) is 12.5 Å². The van der Waals surface area contributed by atoms with E-state index < -0.39 is 5.97 Å². The Hall–Kier alpha value is -1.00. The summed E-state index contributed by atoms with van der Waals surface area (Å²) < 4.78 is 0. The lowest BCUT2D eigenvalue weighted by Gasteiger charge is -2.19. The van der Waals surface area contributed by atoms with E-state index in [0.717, 1.165) is 23.6 Å². The molecular weight excluding hydrogens is 258 g/mol. The molecule has 0 fully saturated rings. The molecule has 0 saturated heterocycles. The fourth-order valence-electron chi connectivity index (χ4n) is 1.68. The van der Waals surface area contributed by atoms with Crippen molar-refractivity contribution < 1.29 is 9.90 Å². The molecule has 19 heavy (non-hydrogen) atoms. The average molecular weight is 280 g/mol. The second-order valence-corrected chi connectivity index (χ2v) is 6.13. The Labute approximate surface area is 119 Å². The van der Waals surface area contributed by atoms with Crippen molar-refractivity contribution in [1.82, 2.24) is 5.32 Å². The van der Waals surface area contributed by atoms with E-state index in [1.54, 1.807) is 11.8 Å². The zero-order valence-corrected chi connectivity index (χ0v) is 12.4. The summed E-state index contributed by atoms with van der Waals surface area (Å²) in [6.07, 6.45) is 1.12. The van der Waals surface area contributed by atoms with Crippen molar-refractivity contribution in [3.63, 3.8) is 0 Å². The van der Waals surface area contributed by atoms with E-state index in [1.165, 1.54) is 0 Å². The van der Waals surface area contributed by atoms with Gasteiger partial charge >= 0.3 is 0 Å². The lowest BCUT2D eigenvalue weighted by molar-refractivity contribution is -0.306. The molecule has 1 atom stereocenters. The maximum atomic E-state index is 10.8. The summed E-state index contributed by atoms with van der Waals surface area (Å²) in [4.78, 5) is 11.9. The number of rotatable bonds is 9. The molecule has 0 aliphatic heterocycles. The maximum absolute atomic E-state index is 10.8. The molecule has 1 N–H and O–H groups in total. The topological polar surface area (TPSA) is 52.2 Å². The summed E-state index contributed by atoms with van der Waals surface area (Å²) in [6, 6.07) is 9.99. The Morgan fingerprint density at radius 3 is 2.58 bits per heavy atom. The van der Waals surface area contributed by atoms with Crippen LogP contribution >= 0.6 is 11.8 Å². The van der Waals surface area contributed by atoms with Crippen molar-refractivity contribution in [3.8, 4) is 0 Å². The van der Waals surface area contributed by atoms with Crippen molar-refractivity contribution in [3.05, 3.63) is 30.3 Å². The third-order valence-electron chi connectivity index (χ3n) is 2.76. The van der Waals surface area contributed by atoms with Gasteiger partial charge in [-0.2, -0.15) is 0 Å². The molecule has 4 heteroatoms. The molecule has 0 spiro atoms. The first-order valence-electron chi connectivity index (χ1n) is 6.69. The normalized spacial score (nSPS) is 12.6. The van der Waals surface area contributed by atoms with Gasteiger partial charge in [0.2, 0.25) is 0 Å². The van der Waals surface area contributed by atoms with Crippen LogP contribution in [0.15, 0.2) is 35.2 Å². The fraction of sp³-hybridized carbons (Fsp3) is 0.533. The minimum Gasteiger partial charge on any atom is -0.550 e. The van der Waals surface area contributed by atoms with Crippen molar-refractivity contribution >= 4 is 17.7 Å². The van der Waals surface area contributed by atoms with E-state index in [0.29, 0.717) is 5.92 Å². The summed E-state index contributed by atoms with van der Waals surface area (Å²) >= 11 is 1.68. The van der Waals surface area contributed by atoms with E-state index in [2.05, 4.69) is 19.2 Å². The van der Waals surface area contributed by atoms with E-state index in [4.69, 9.17) is 0 Å². The van der Waals surface area contributed by atoms with Crippen LogP contribution in [0.3, 0.4) is 0 Å². The highest BCUT2D eigenvalue weighted by molar-refractivity contribution is 7.99. The molecule has 0 aromatic heterocycles. The standard InChI is InChI=1S/C15H23NO2S/c1-12(2)8-9-16-13(10-15(17)18)11-19-14-6-4-3-5-7-14/h3-7,12-13,16H,8-11H2,1-2H3,(H,17,18)/p-1. The maximum Gasteiger partial charge on any atom is 0.0430 e. The van der Waals surface area contributed by atoms with Crippen LogP contribution in [0.2, 0.25) is 0 Å². The Morgan fingerprint density at radius 1 is 1.32 bits per heavy atom. The van der Waals surface area contributed by atoms with Gasteiger partial charge in [0.05, 0.1) is 0 Å². The molecule has 0 radical (unpaired) electrons. The second kappa shape index (κ2) is 8.99. The van der Waals surface area contributed by atoms with Gasteiger partial charge in [-0.1, -0.05) is 32.0 Å². The number of carboxylic acid groups (broad SMARTS) is 1. The Morgan fingerprint density at radius 2 is 2.00 bits per heavy atom. The van der Waals surface area contributed by atoms with Crippen molar-refractivity contribution in [2.45, 2.75) is 37.6 Å². The van der Waals surface area contributed by atoms with Gasteiger partial charge in [0.1, 0.15) is 0 Å². The number of nitrogens with one attached hydrogen (secondary N) is 1. The predicted octanol–water partition coefficient (Wildman–Crippen LogP) is 1.92. The summed E-state index contributed by atoms with van der Waals surface area (Å²) in [7, 11) is 0. The molecule has 106 valence electrons. The highest BCUT2D eigenvalue weighted by atomic mass is 32.2. The first kappa shape index (κ1) is 16.1. The van der Waals surface area contributed by atoms with Crippen LogP contribution in [-0.2, 0) is 4.79 Å². The molecule has 0 aliphatic carbocycles. The lowest BCUT2D eigenvalue weighted by Crippen LogP contribution is -2.38. The molecule has 0 bridgehead atoms. The van der Waals surface area contributed by atoms with Gasteiger partial charge in [-0.05, 0) is 31.0 Å². The van der Waals surface area contributed by atoms with Crippen LogP contribution in [-0.4, -0.2) is 24.3 Å². The third kappa shape index (κ3) is 7.90. The van der Waals surface area contributed by atoms with Crippen LogP contribution < -0.4 is 10.4 Å². The Kier molecular flexibility index (Phi) is 7.60. The fourth-order valence-corrected chi connectivity index (χ4v) is 2.66. The largest absolute Gasteiger partial charge is 0.550 e. The van der Waals surface area contributed by atoms with Crippen molar-refractivity contribution in [2.24, 2.45) is 5.92 Å². The highest BCUT2D eigenvalue weighted by Gasteiger charge is 2.09. The monoisotopic (exact) mass is 280 g/mol. The van der Waals surface area contributed by atoms with Gasteiger partial charge in [-0.15, -0.1) is 11.8 Å². The predicted molar refractivity (Wildman–Crippen MR) is 78.0 cm³/mol. The van der Waals surface area contributed by atoms with E-state index in [9.17, 15) is 9.90 Å². The number of carbonyl (C=O) groups excluding carboxylic acids is 1. The van der Waals surface area contributed by atoms with Gasteiger partial charge in [-0.25, -0.2) is 0 Å². The van der Waals surface area contributed by atoms with E-state index in [1.807, 2.05) is 30.3 Å². The van der Waals surface area contributed by atoms with Crippen molar-refractivity contribution in [2.75, 3.05) is 12.3 Å². The van der Waals surface area contributed by atoms with Gasteiger partial charge < -0.3 is 15.2 Å². The molecular formula is C15H22NO2S-. The molecule has 0 saturated carbocycles. The first-order chi connectivity index (χ1) is 9.08. The number of hydrogen-bond donors (Lipinski definition) is 1. The van der Waals surface area contributed by atoms with Gasteiger partial charge in [0.15, 0.2) is 0 Å². The molecule has 0 heterocycles. The van der Waals surface area contributed by atoms with Gasteiger partial charge in [-0.3, -0.25) is 0 Å². The smallest absolute Gasteiger partial charge is 0.0430 e. The highest BCUT2D eigenvalue weighted by Crippen LogP contribution is 2.18. The SMILES string of the molecule is CC(C)CCNC(CSc1ccccc1)CC(=O)[O-]. The van der Waals surface area contributed by atoms with Crippen molar-refractivity contribution in [1.29, 1.82) is 0 Å². The first-order valence-corrected chi connectivity index (χ1v) is 7.67. The zero-order valence-electron chi connectivity index (χ0n) is 11.6. The minimum atomic E-state index is -0.990. The number of thioether (sulfide) groups is 1. The molecule has 1 aromatic rings.